The van der Waals surface area contributed by atoms with Crippen LogP contribution in [0.25, 0.3) is 11.6 Å². The number of nitrogens with zero attached hydrogens (tertiary/aromatic N) is 6. The minimum atomic E-state index is -9.77. The molecule has 1 N–H and O–H groups in total. The molecule has 2 aromatic heterocycles. The maximum Gasteiger partial charge on any atom is 0.310 e. The zero-order chi connectivity index (χ0) is 24.0. The quantitative estimate of drug-likeness (QED) is 0.513. The predicted molar refractivity (Wildman–Crippen MR) is 108 cm³/mol. The highest BCUT2D eigenvalue weighted by Crippen LogP contribution is 3.02. The smallest absolute Gasteiger partial charge is 0.310 e. The fourth-order valence-electron chi connectivity index (χ4n) is 3.64. The number of hydrogen-bond donors (Lipinski definition) is 1. The summed E-state index contributed by atoms with van der Waals surface area (Å²) in [5, 5.41) is 34.3. The van der Waals surface area contributed by atoms with Gasteiger partial charge in [-0.05, 0) is 42.7 Å². The largest absolute Gasteiger partial charge is 0.417 e. The lowest BCUT2D eigenvalue weighted by molar-refractivity contribution is 0.241. The summed E-state index contributed by atoms with van der Waals surface area (Å²) in [6, 6.07) is 7.99. The number of benzene rings is 1. The molecule has 0 saturated carbocycles. The van der Waals surface area contributed by atoms with Crippen LogP contribution in [-0.2, 0) is 12.0 Å². The van der Waals surface area contributed by atoms with Gasteiger partial charge in [0.25, 0.3) is 5.89 Å². The van der Waals surface area contributed by atoms with Crippen LogP contribution < -0.4 is 4.90 Å². The summed E-state index contributed by atoms with van der Waals surface area (Å²) >= 11 is 0. The molecular weight excluding hydrogens is 471 g/mol. The third-order valence-corrected chi connectivity index (χ3v) is 6.64. The van der Waals surface area contributed by atoms with Crippen molar-refractivity contribution in [3.63, 3.8) is 0 Å². The Morgan fingerprint density at radius 1 is 0.970 bits per heavy atom. The van der Waals surface area contributed by atoms with Gasteiger partial charge in [-0.1, -0.05) is 31.6 Å². The van der Waals surface area contributed by atoms with Crippen LogP contribution in [0.1, 0.15) is 24.3 Å². The van der Waals surface area contributed by atoms with Crippen molar-refractivity contribution in [1.82, 2.24) is 20.4 Å². The molecule has 4 rings (SSSR count). The minimum absolute atomic E-state index is 0.0355. The van der Waals surface area contributed by atoms with Crippen molar-refractivity contribution >= 4 is 16.0 Å². The van der Waals surface area contributed by atoms with E-state index >= 15 is 0 Å². The monoisotopic (exact) mass is 488 g/mol. The molecule has 3 heterocycles. The van der Waals surface area contributed by atoms with E-state index < -0.39 is 27.1 Å². The second-order valence-corrected chi connectivity index (χ2v) is 10.0. The summed E-state index contributed by atoms with van der Waals surface area (Å²) in [5.74, 6) is 0.632. The number of aromatic nitrogens is 4. The van der Waals surface area contributed by atoms with Gasteiger partial charge in [0.05, 0.1) is 11.5 Å². The van der Waals surface area contributed by atoms with Gasteiger partial charge in [0.1, 0.15) is 17.2 Å². The van der Waals surface area contributed by atoms with Gasteiger partial charge >= 0.3 is 10.2 Å². The topological polar surface area (TPSA) is 112 Å². The lowest BCUT2D eigenvalue weighted by Gasteiger charge is -2.41. The standard InChI is InChI=1S/C19H17F5N6O2S/c20-33(21,22,23,24)14-3-1-13(2-4-14)19(12-25)7-9-30(10-8-19)16-6-5-15(26-27-16)18-29-28-17(11-31)32-18/h1-6,31H,7-11H2. The maximum atomic E-state index is 13.0. The molecule has 0 atom stereocenters. The third-order valence-electron chi connectivity index (χ3n) is 5.48. The number of aliphatic hydroxyl groups excluding tert-OH is 1. The van der Waals surface area contributed by atoms with Crippen LogP contribution in [-0.4, -0.2) is 38.6 Å². The number of aliphatic hydroxyl groups is 1. The van der Waals surface area contributed by atoms with Gasteiger partial charge in [0.2, 0.25) is 5.89 Å². The zero-order valence-electron chi connectivity index (χ0n) is 16.8. The molecule has 0 aliphatic carbocycles. The van der Waals surface area contributed by atoms with E-state index in [1.807, 2.05) is 4.90 Å². The van der Waals surface area contributed by atoms with Gasteiger partial charge in [-0.2, -0.15) is 5.26 Å². The molecule has 0 bridgehead atoms. The van der Waals surface area contributed by atoms with E-state index in [2.05, 4.69) is 26.5 Å². The SMILES string of the molecule is N#CC1(c2ccc(S(F)(F)(F)(F)F)cc2)CCN(c2ccc(-c3nnc(CO)o3)nn2)CC1. The van der Waals surface area contributed by atoms with Gasteiger partial charge in [0.15, 0.2) is 5.82 Å². The Bertz CT molecular complexity index is 1200. The van der Waals surface area contributed by atoms with E-state index in [4.69, 9.17) is 9.52 Å². The molecule has 1 aliphatic heterocycles. The second-order valence-electron chi connectivity index (χ2n) is 7.61. The number of nitriles is 1. The van der Waals surface area contributed by atoms with Crippen molar-refractivity contribution in [3.05, 3.63) is 47.9 Å². The molecular formula is C19H17F5N6O2S. The molecule has 0 unspecified atom stereocenters. The molecule has 0 radical (unpaired) electrons. The average Bonchev–Trinajstić information content (AvgIpc) is 3.27. The molecule has 1 fully saturated rings. The molecule has 8 nitrogen and oxygen atoms in total. The minimum Gasteiger partial charge on any atom is -0.417 e. The van der Waals surface area contributed by atoms with E-state index in [1.54, 1.807) is 12.1 Å². The highest BCUT2D eigenvalue weighted by atomic mass is 32.5. The Labute approximate surface area is 184 Å². The van der Waals surface area contributed by atoms with Crippen LogP contribution in [0.3, 0.4) is 0 Å². The number of halogens is 5. The number of hydrogen-bond acceptors (Lipinski definition) is 8. The molecule has 0 amide bonds. The highest BCUT2D eigenvalue weighted by Gasteiger charge is 2.65. The van der Waals surface area contributed by atoms with Gasteiger partial charge in [-0.15, -0.1) is 20.4 Å². The number of rotatable bonds is 5. The molecule has 176 valence electrons. The maximum absolute atomic E-state index is 13.0. The summed E-state index contributed by atoms with van der Waals surface area (Å²) < 4.78 is 70.1. The highest BCUT2D eigenvalue weighted by molar-refractivity contribution is 8.45. The molecule has 0 spiro atoms. The van der Waals surface area contributed by atoms with Crippen molar-refractivity contribution in [2.45, 2.75) is 29.8 Å². The van der Waals surface area contributed by atoms with Crippen LogP contribution in [0, 0.1) is 11.3 Å². The van der Waals surface area contributed by atoms with E-state index in [0.717, 1.165) is 12.1 Å². The molecule has 1 saturated heterocycles. The molecule has 3 aromatic rings. The Morgan fingerprint density at radius 3 is 2.12 bits per heavy atom. The van der Waals surface area contributed by atoms with E-state index in [1.165, 1.54) is 0 Å². The lowest BCUT2D eigenvalue weighted by Crippen LogP contribution is -2.42. The second kappa shape index (κ2) is 7.09. The van der Waals surface area contributed by atoms with Gasteiger partial charge in [-0.3, -0.25) is 0 Å². The first kappa shape index (κ1) is 22.9. The molecule has 1 aliphatic rings. The number of piperidine rings is 1. The Morgan fingerprint density at radius 2 is 1.64 bits per heavy atom. The third kappa shape index (κ3) is 4.60. The van der Waals surface area contributed by atoms with Crippen molar-refractivity contribution < 1.29 is 29.0 Å². The van der Waals surface area contributed by atoms with Crippen LogP contribution >= 0.6 is 10.2 Å². The van der Waals surface area contributed by atoms with Crippen molar-refractivity contribution in [2.75, 3.05) is 18.0 Å². The van der Waals surface area contributed by atoms with Crippen LogP contribution in [0.5, 0.6) is 0 Å². The van der Waals surface area contributed by atoms with Crippen LogP contribution in [0.2, 0.25) is 0 Å². The summed E-state index contributed by atoms with van der Waals surface area (Å²) in [4.78, 5) is -0.130. The Kier molecular flexibility index (Phi) is 4.92. The summed E-state index contributed by atoms with van der Waals surface area (Å²) in [6.45, 7) is 0.288. The Hall–Kier alpha value is -3.31. The fourth-order valence-corrected chi connectivity index (χ4v) is 4.29. The fraction of sp³-hybridized carbons (Fsp3) is 0.316. The molecule has 33 heavy (non-hydrogen) atoms. The zero-order valence-corrected chi connectivity index (χ0v) is 17.7. The first-order valence-corrected chi connectivity index (χ1v) is 11.6. The first-order valence-electron chi connectivity index (χ1n) is 9.62. The van der Waals surface area contributed by atoms with Gasteiger partial charge < -0.3 is 14.4 Å². The summed E-state index contributed by atoms with van der Waals surface area (Å²) in [7, 11) is -9.77. The van der Waals surface area contributed by atoms with Gasteiger partial charge in [0, 0.05) is 13.1 Å². The van der Waals surface area contributed by atoms with E-state index in [-0.39, 0.29) is 30.2 Å². The predicted octanol–water partition coefficient (Wildman–Crippen LogP) is 4.74. The summed E-state index contributed by atoms with van der Waals surface area (Å²) in [6.07, 6.45) is 0.512. The normalized spacial score (nSPS) is 18.3. The van der Waals surface area contributed by atoms with Gasteiger partial charge in [-0.25, -0.2) is 0 Å². The van der Waals surface area contributed by atoms with E-state index in [0.29, 0.717) is 36.7 Å². The van der Waals surface area contributed by atoms with Crippen molar-refractivity contribution in [3.8, 4) is 17.7 Å². The van der Waals surface area contributed by atoms with Crippen LogP contribution in [0.4, 0.5) is 25.2 Å². The van der Waals surface area contributed by atoms with Crippen LogP contribution in [0.15, 0.2) is 45.7 Å². The number of anilines is 1. The first-order chi connectivity index (χ1) is 15.3. The lowest BCUT2D eigenvalue weighted by atomic mass is 9.74. The van der Waals surface area contributed by atoms with E-state index in [9.17, 15) is 24.7 Å². The van der Waals surface area contributed by atoms with Crippen molar-refractivity contribution in [2.24, 2.45) is 0 Å². The average molecular weight is 488 g/mol. The summed E-state index contributed by atoms with van der Waals surface area (Å²) in [5.41, 5.74) is -0.545. The molecule has 14 heteroatoms. The van der Waals surface area contributed by atoms with Crippen molar-refractivity contribution in [1.29, 1.82) is 5.26 Å². The Balaban J connectivity index is 1.48. The molecule has 1 aromatic carbocycles.